The van der Waals surface area contributed by atoms with Crippen LogP contribution >= 0.6 is 0 Å². The van der Waals surface area contributed by atoms with E-state index in [-0.39, 0.29) is 4.90 Å². The molecule has 36 heavy (non-hydrogen) atoms. The Morgan fingerprint density at radius 1 is 0.972 bits per heavy atom. The molecule has 0 radical (unpaired) electrons. The van der Waals surface area contributed by atoms with Gasteiger partial charge in [-0.2, -0.15) is 5.10 Å². The molecule has 3 aromatic carbocycles. The summed E-state index contributed by atoms with van der Waals surface area (Å²) >= 11 is 0. The smallest absolute Gasteiger partial charge is 0.264 e. The summed E-state index contributed by atoms with van der Waals surface area (Å²) in [7, 11) is -3.98. The van der Waals surface area contributed by atoms with Gasteiger partial charge in [-0.3, -0.25) is 9.10 Å². The van der Waals surface area contributed by atoms with E-state index < -0.39 is 22.5 Å². The Morgan fingerprint density at radius 3 is 2.44 bits per heavy atom. The van der Waals surface area contributed by atoms with E-state index >= 15 is 0 Å². The largest absolute Gasteiger partial charge is 0.490 e. The number of rotatable bonds is 12. The van der Waals surface area contributed by atoms with E-state index in [1.165, 1.54) is 18.3 Å². The molecule has 0 bridgehead atoms. The molecule has 3 aromatic rings. The van der Waals surface area contributed by atoms with Crippen LogP contribution in [0.4, 0.5) is 5.69 Å². The molecule has 0 aromatic heterocycles. The Balaban J connectivity index is 1.77. The van der Waals surface area contributed by atoms with Crippen LogP contribution in [0.25, 0.3) is 0 Å². The first-order chi connectivity index (χ1) is 17.3. The molecule has 1 amide bonds. The lowest BCUT2D eigenvalue weighted by Gasteiger charge is -2.24. The van der Waals surface area contributed by atoms with Crippen LogP contribution in [0.15, 0.2) is 82.8 Å². The van der Waals surface area contributed by atoms with Crippen LogP contribution in [-0.4, -0.2) is 40.3 Å². The Morgan fingerprint density at radius 2 is 1.75 bits per heavy atom. The molecule has 0 saturated heterocycles. The topological polar surface area (TPSA) is 97.3 Å². The molecule has 8 nitrogen and oxygen atoms in total. The van der Waals surface area contributed by atoms with Gasteiger partial charge in [-0.05, 0) is 73.9 Å². The molecule has 0 spiro atoms. The molecule has 9 heteroatoms. The lowest BCUT2D eigenvalue weighted by molar-refractivity contribution is -0.119. The monoisotopic (exact) mass is 509 g/mol. The summed E-state index contributed by atoms with van der Waals surface area (Å²) < 4.78 is 39.1. The third-order valence-corrected chi connectivity index (χ3v) is 6.83. The summed E-state index contributed by atoms with van der Waals surface area (Å²) in [6.07, 6.45) is 2.34. The van der Waals surface area contributed by atoms with Crippen LogP contribution in [0.3, 0.4) is 0 Å². The van der Waals surface area contributed by atoms with Crippen molar-refractivity contribution in [1.82, 2.24) is 5.43 Å². The van der Waals surface area contributed by atoms with Crippen molar-refractivity contribution in [2.24, 2.45) is 5.10 Å². The second-order valence-electron chi connectivity index (χ2n) is 7.94. The second-order valence-corrected chi connectivity index (χ2v) is 9.81. The van der Waals surface area contributed by atoms with Crippen molar-refractivity contribution < 1.29 is 22.7 Å². The Hall–Kier alpha value is -3.85. The first-order valence-electron chi connectivity index (χ1n) is 11.7. The van der Waals surface area contributed by atoms with Crippen molar-refractivity contribution in [3.05, 3.63) is 83.9 Å². The van der Waals surface area contributed by atoms with Crippen molar-refractivity contribution in [1.29, 1.82) is 0 Å². The van der Waals surface area contributed by atoms with Gasteiger partial charge in [0.2, 0.25) is 0 Å². The van der Waals surface area contributed by atoms with Gasteiger partial charge in [0.25, 0.3) is 15.9 Å². The summed E-state index contributed by atoms with van der Waals surface area (Å²) in [4.78, 5) is 12.8. The van der Waals surface area contributed by atoms with Crippen LogP contribution in [-0.2, 0) is 14.8 Å². The number of nitrogens with one attached hydrogen (secondary N) is 1. The zero-order chi connectivity index (χ0) is 26.0. The molecule has 0 heterocycles. The summed E-state index contributed by atoms with van der Waals surface area (Å²) in [6, 6.07) is 20.3. The molecule has 0 fully saturated rings. The number of ether oxygens (including phenoxy) is 2. The zero-order valence-corrected chi connectivity index (χ0v) is 21.5. The number of anilines is 1. The molecular formula is C27H31N3O5S. The number of nitrogens with zero attached hydrogens (tertiary/aromatic N) is 2. The highest BCUT2D eigenvalue weighted by molar-refractivity contribution is 7.92. The van der Waals surface area contributed by atoms with E-state index in [9.17, 15) is 13.2 Å². The number of amides is 1. The third kappa shape index (κ3) is 7.08. The van der Waals surface area contributed by atoms with Gasteiger partial charge in [-0.1, -0.05) is 37.3 Å². The van der Waals surface area contributed by atoms with Gasteiger partial charge >= 0.3 is 0 Å². The number of carbonyl (C=O) groups excluding carboxylic acids is 1. The maximum Gasteiger partial charge on any atom is 0.264 e. The summed E-state index contributed by atoms with van der Waals surface area (Å²) in [5.74, 6) is 0.640. The van der Waals surface area contributed by atoms with Crippen LogP contribution in [0.5, 0.6) is 11.5 Å². The van der Waals surface area contributed by atoms with Crippen molar-refractivity contribution in [3.8, 4) is 11.5 Å². The van der Waals surface area contributed by atoms with Gasteiger partial charge in [0.1, 0.15) is 6.54 Å². The molecule has 0 unspecified atom stereocenters. The van der Waals surface area contributed by atoms with Crippen molar-refractivity contribution in [3.63, 3.8) is 0 Å². The van der Waals surface area contributed by atoms with Gasteiger partial charge < -0.3 is 9.47 Å². The van der Waals surface area contributed by atoms with E-state index in [0.29, 0.717) is 36.0 Å². The average molecular weight is 510 g/mol. The fourth-order valence-electron chi connectivity index (χ4n) is 3.37. The van der Waals surface area contributed by atoms with Gasteiger partial charge in [-0.25, -0.2) is 13.8 Å². The third-order valence-electron chi connectivity index (χ3n) is 5.04. The van der Waals surface area contributed by atoms with Crippen molar-refractivity contribution in [2.75, 3.05) is 24.1 Å². The predicted molar refractivity (Wildman–Crippen MR) is 141 cm³/mol. The highest BCUT2D eigenvalue weighted by Crippen LogP contribution is 2.28. The maximum atomic E-state index is 13.4. The number of hydrazone groups is 1. The lowest BCUT2D eigenvalue weighted by Crippen LogP contribution is -2.39. The molecule has 0 saturated carbocycles. The number of carbonyl (C=O) groups is 1. The Kier molecular flexibility index (Phi) is 9.46. The molecule has 0 aliphatic heterocycles. The maximum absolute atomic E-state index is 13.4. The first-order valence-corrected chi connectivity index (χ1v) is 13.1. The number of hydrogen-bond acceptors (Lipinski definition) is 6. The summed E-state index contributed by atoms with van der Waals surface area (Å²) in [5, 5.41) is 4.01. The van der Waals surface area contributed by atoms with E-state index in [0.717, 1.165) is 16.3 Å². The van der Waals surface area contributed by atoms with Crippen molar-refractivity contribution in [2.45, 2.75) is 32.1 Å². The normalized spacial score (nSPS) is 11.3. The number of benzene rings is 3. The molecule has 0 aliphatic carbocycles. The summed E-state index contributed by atoms with van der Waals surface area (Å²) in [6.45, 7) is 6.38. The van der Waals surface area contributed by atoms with Crippen LogP contribution in [0, 0.1) is 6.92 Å². The molecule has 0 aliphatic rings. The van der Waals surface area contributed by atoms with Crippen LogP contribution < -0.4 is 19.2 Å². The predicted octanol–water partition coefficient (Wildman–Crippen LogP) is 4.53. The van der Waals surface area contributed by atoms with E-state index in [4.69, 9.17) is 9.47 Å². The number of aryl methyl sites for hydroxylation is 1. The minimum atomic E-state index is -3.98. The molecular weight excluding hydrogens is 478 g/mol. The highest BCUT2D eigenvalue weighted by atomic mass is 32.2. The molecule has 0 atom stereocenters. The minimum absolute atomic E-state index is 0.0941. The minimum Gasteiger partial charge on any atom is -0.490 e. The number of hydrogen-bond donors (Lipinski definition) is 1. The Labute approximate surface area is 212 Å². The van der Waals surface area contributed by atoms with Gasteiger partial charge in [0.05, 0.1) is 30.0 Å². The molecule has 190 valence electrons. The summed E-state index contributed by atoms with van der Waals surface area (Å²) in [5.41, 5.74) is 4.37. The van der Waals surface area contributed by atoms with Gasteiger partial charge in [0.15, 0.2) is 11.5 Å². The van der Waals surface area contributed by atoms with Crippen LogP contribution in [0.1, 0.15) is 31.4 Å². The van der Waals surface area contributed by atoms with E-state index in [1.807, 2.05) is 26.8 Å². The lowest BCUT2D eigenvalue weighted by atomic mass is 10.2. The molecule has 3 rings (SSSR count). The van der Waals surface area contributed by atoms with Crippen molar-refractivity contribution >= 4 is 27.8 Å². The first kappa shape index (κ1) is 26.7. The standard InChI is InChI=1S/C27H31N3O5S/c1-4-16-35-25-15-14-22(18-26(25)34-5-2)19-28-29-27(31)20-30(23-11-9-10-21(3)17-23)36(32,33)24-12-7-6-8-13-24/h6-15,17-19H,4-5,16,20H2,1-3H3,(H,29,31)/b28-19-. The second kappa shape index (κ2) is 12.7. The van der Waals surface area contributed by atoms with Gasteiger partial charge in [-0.15, -0.1) is 0 Å². The fraction of sp³-hybridized carbons (Fsp3) is 0.259. The zero-order valence-electron chi connectivity index (χ0n) is 20.7. The van der Waals surface area contributed by atoms with E-state index in [1.54, 1.807) is 54.6 Å². The quantitative estimate of drug-likeness (QED) is 0.286. The molecule has 1 N–H and O–H groups in total. The van der Waals surface area contributed by atoms with E-state index in [2.05, 4.69) is 10.5 Å². The van der Waals surface area contributed by atoms with Gasteiger partial charge in [0, 0.05) is 0 Å². The Bertz CT molecular complexity index is 1290. The number of sulfonamides is 1. The SMILES string of the molecule is CCCOc1ccc(/C=N\NC(=O)CN(c2cccc(C)c2)S(=O)(=O)c2ccccc2)cc1OCC. The highest BCUT2D eigenvalue weighted by Gasteiger charge is 2.27. The van der Waals surface area contributed by atoms with Crippen LogP contribution in [0.2, 0.25) is 0 Å². The fourth-order valence-corrected chi connectivity index (χ4v) is 4.80. The average Bonchev–Trinajstić information content (AvgIpc) is 2.87.